The second-order valence-electron chi connectivity index (χ2n) is 7.69. The third-order valence-corrected chi connectivity index (χ3v) is 7.80. The maximum absolute atomic E-state index is 12.4. The van der Waals surface area contributed by atoms with Gasteiger partial charge < -0.3 is 5.32 Å². The Morgan fingerprint density at radius 3 is 2.33 bits per heavy atom. The SMILES string of the molecule is CS(=O)(=O)N(Cc1ccccc1)c1ccc(C(=O)NCCSC2CCCCC2)cc1. The summed E-state index contributed by atoms with van der Waals surface area (Å²) in [6.07, 6.45) is 7.78. The minimum atomic E-state index is -3.45. The van der Waals surface area contributed by atoms with Crippen LogP contribution in [-0.4, -0.2) is 38.1 Å². The van der Waals surface area contributed by atoms with E-state index in [2.05, 4.69) is 5.32 Å². The third kappa shape index (κ3) is 6.77. The minimum Gasteiger partial charge on any atom is -0.351 e. The van der Waals surface area contributed by atoms with Gasteiger partial charge in [0.1, 0.15) is 0 Å². The molecule has 1 amide bonds. The summed E-state index contributed by atoms with van der Waals surface area (Å²) >= 11 is 1.96. The van der Waals surface area contributed by atoms with Crippen LogP contribution in [0.5, 0.6) is 0 Å². The normalized spacial score (nSPS) is 15.0. The van der Waals surface area contributed by atoms with Gasteiger partial charge in [0.15, 0.2) is 0 Å². The van der Waals surface area contributed by atoms with Crippen molar-refractivity contribution in [1.82, 2.24) is 5.32 Å². The molecule has 1 N–H and O–H groups in total. The van der Waals surface area contributed by atoms with Crippen LogP contribution in [0.1, 0.15) is 48.0 Å². The quantitative estimate of drug-likeness (QED) is 0.578. The number of rotatable bonds is 9. The lowest BCUT2D eigenvalue weighted by Gasteiger charge is -2.23. The summed E-state index contributed by atoms with van der Waals surface area (Å²) < 4.78 is 26.0. The number of sulfonamides is 1. The Labute approximate surface area is 184 Å². The van der Waals surface area contributed by atoms with Crippen molar-refractivity contribution in [1.29, 1.82) is 0 Å². The first-order valence-electron chi connectivity index (χ1n) is 10.4. The predicted octanol–water partition coefficient (Wildman–Crippen LogP) is 4.45. The maximum Gasteiger partial charge on any atom is 0.251 e. The number of hydrogen-bond acceptors (Lipinski definition) is 4. The Morgan fingerprint density at radius 1 is 1.03 bits per heavy atom. The molecule has 0 bridgehead atoms. The summed E-state index contributed by atoms with van der Waals surface area (Å²) in [4.78, 5) is 12.4. The van der Waals surface area contributed by atoms with E-state index >= 15 is 0 Å². The number of anilines is 1. The Morgan fingerprint density at radius 2 is 1.70 bits per heavy atom. The molecule has 0 atom stereocenters. The average molecular weight is 447 g/mol. The number of amides is 1. The standard InChI is InChI=1S/C23H30N2O3S2/c1-30(27,28)25(18-19-8-4-2-5-9-19)21-14-12-20(13-15-21)23(26)24-16-17-29-22-10-6-3-7-11-22/h2,4-5,8-9,12-15,22H,3,6-7,10-11,16-18H2,1H3,(H,24,26). The summed E-state index contributed by atoms with van der Waals surface area (Å²) in [5, 5.41) is 3.70. The van der Waals surface area contributed by atoms with Gasteiger partial charge in [0.25, 0.3) is 5.91 Å². The van der Waals surface area contributed by atoms with E-state index in [1.165, 1.54) is 42.7 Å². The molecule has 1 aliphatic carbocycles. The highest BCUT2D eigenvalue weighted by Crippen LogP contribution is 2.27. The highest BCUT2D eigenvalue weighted by atomic mass is 32.2. The van der Waals surface area contributed by atoms with Crippen molar-refractivity contribution in [3.8, 4) is 0 Å². The van der Waals surface area contributed by atoms with E-state index in [0.717, 1.165) is 16.6 Å². The van der Waals surface area contributed by atoms with Crippen LogP contribution in [0.15, 0.2) is 54.6 Å². The number of carbonyl (C=O) groups excluding carboxylic acids is 1. The predicted molar refractivity (Wildman–Crippen MR) is 126 cm³/mol. The molecule has 2 aromatic carbocycles. The van der Waals surface area contributed by atoms with E-state index in [1.807, 2.05) is 42.1 Å². The summed E-state index contributed by atoms with van der Waals surface area (Å²) in [5.41, 5.74) is 1.99. The van der Waals surface area contributed by atoms with Crippen molar-refractivity contribution >= 4 is 33.4 Å². The maximum atomic E-state index is 12.4. The zero-order chi connectivity index (χ0) is 21.4. The van der Waals surface area contributed by atoms with Gasteiger partial charge in [-0.05, 0) is 42.7 Å². The van der Waals surface area contributed by atoms with Gasteiger partial charge in [0, 0.05) is 23.1 Å². The molecule has 0 aliphatic heterocycles. The van der Waals surface area contributed by atoms with E-state index in [1.54, 1.807) is 24.3 Å². The van der Waals surface area contributed by atoms with Crippen molar-refractivity contribution in [2.75, 3.05) is 22.9 Å². The molecule has 0 radical (unpaired) electrons. The van der Waals surface area contributed by atoms with Crippen LogP contribution in [0.2, 0.25) is 0 Å². The molecule has 3 rings (SSSR count). The molecule has 5 nitrogen and oxygen atoms in total. The van der Waals surface area contributed by atoms with E-state index in [9.17, 15) is 13.2 Å². The fourth-order valence-corrected chi connectivity index (χ4v) is 5.76. The molecule has 0 unspecified atom stereocenters. The first-order chi connectivity index (χ1) is 14.4. The Kier molecular flexibility index (Phi) is 8.22. The summed E-state index contributed by atoms with van der Waals surface area (Å²) in [6, 6.07) is 16.2. The van der Waals surface area contributed by atoms with Gasteiger partial charge in [0.2, 0.25) is 10.0 Å². The molecular weight excluding hydrogens is 416 g/mol. The highest BCUT2D eigenvalue weighted by molar-refractivity contribution is 7.99. The summed E-state index contributed by atoms with van der Waals surface area (Å²) in [5.74, 6) is 0.799. The second-order valence-corrected chi connectivity index (χ2v) is 11.0. The van der Waals surface area contributed by atoms with Crippen LogP contribution in [0.3, 0.4) is 0 Å². The van der Waals surface area contributed by atoms with Gasteiger partial charge >= 0.3 is 0 Å². The average Bonchev–Trinajstić information content (AvgIpc) is 2.76. The number of benzene rings is 2. The van der Waals surface area contributed by atoms with Gasteiger partial charge in [-0.15, -0.1) is 0 Å². The molecule has 1 saturated carbocycles. The van der Waals surface area contributed by atoms with Crippen LogP contribution in [0, 0.1) is 0 Å². The number of thioether (sulfide) groups is 1. The highest BCUT2D eigenvalue weighted by Gasteiger charge is 2.18. The molecular formula is C23H30N2O3S2. The minimum absolute atomic E-state index is 0.125. The summed E-state index contributed by atoms with van der Waals surface area (Å²) in [7, 11) is -3.45. The van der Waals surface area contributed by atoms with Gasteiger partial charge in [-0.25, -0.2) is 8.42 Å². The van der Waals surface area contributed by atoms with Crippen molar-refractivity contribution in [2.45, 2.75) is 43.9 Å². The van der Waals surface area contributed by atoms with Gasteiger partial charge in [0.05, 0.1) is 18.5 Å². The fraction of sp³-hybridized carbons (Fsp3) is 0.435. The first-order valence-corrected chi connectivity index (χ1v) is 13.3. The first kappa shape index (κ1) is 22.7. The lowest BCUT2D eigenvalue weighted by Crippen LogP contribution is -2.29. The molecule has 162 valence electrons. The van der Waals surface area contributed by atoms with Crippen molar-refractivity contribution in [3.63, 3.8) is 0 Å². The lowest BCUT2D eigenvalue weighted by atomic mass is 10.0. The van der Waals surface area contributed by atoms with Crippen molar-refractivity contribution in [3.05, 3.63) is 65.7 Å². The third-order valence-electron chi connectivity index (χ3n) is 5.28. The molecule has 0 aromatic heterocycles. The van der Waals surface area contributed by atoms with Crippen LogP contribution in [0.25, 0.3) is 0 Å². The molecule has 1 fully saturated rings. The molecule has 0 spiro atoms. The molecule has 2 aromatic rings. The molecule has 1 aliphatic rings. The number of nitrogens with one attached hydrogen (secondary N) is 1. The largest absolute Gasteiger partial charge is 0.351 e. The van der Waals surface area contributed by atoms with Crippen LogP contribution in [0.4, 0.5) is 5.69 Å². The fourth-order valence-electron chi connectivity index (χ4n) is 3.65. The Balaban J connectivity index is 1.56. The van der Waals surface area contributed by atoms with E-state index < -0.39 is 10.0 Å². The topological polar surface area (TPSA) is 66.5 Å². The Hall–Kier alpha value is -1.99. The Bertz CT molecular complexity index is 909. The van der Waals surface area contributed by atoms with E-state index in [0.29, 0.717) is 17.8 Å². The van der Waals surface area contributed by atoms with Gasteiger partial charge in [-0.1, -0.05) is 49.6 Å². The zero-order valence-corrected chi connectivity index (χ0v) is 19.1. The summed E-state index contributed by atoms with van der Waals surface area (Å²) in [6.45, 7) is 0.898. The van der Waals surface area contributed by atoms with Crippen molar-refractivity contribution in [2.24, 2.45) is 0 Å². The molecule has 0 saturated heterocycles. The molecule has 0 heterocycles. The number of hydrogen-bond donors (Lipinski definition) is 1. The second kappa shape index (κ2) is 10.9. The monoisotopic (exact) mass is 446 g/mol. The van der Waals surface area contributed by atoms with Crippen molar-refractivity contribution < 1.29 is 13.2 Å². The van der Waals surface area contributed by atoms with Crippen LogP contribution in [-0.2, 0) is 16.6 Å². The van der Waals surface area contributed by atoms with Gasteiger partial charge in [-0.3, -0.25) is 9.10 Å². The number of nitrogens with zero attached hydrogens (tertiary/aromatic N) is 1. The van der Waals surface area contributed by atoms with E-state index in [-0.39, 0.29) is 12.5 Å². The number of carbonyl (C=O) groups is 1. The smallest absolute Gasteiger partial charge is 0.251 e. The lowest BCUT2D eigenvalue weighted by molar-refractivity contribution is 0.0956. The van der Waals surface area contributed by atoms with Crippen LogP contribution >= 0.6 is 11.8 Å². The van der Waals surface area contributed by atoms with Crippen LogP contribution < -0.4 is 9.62 Å². The molecule has 7 heteroatoms. The van der Waals surface area contributed by atoms with E-state index in [4.69, 9.17) is 0 Å². The van der Waals surface area contributed by atoms with Gasteiger partial charge in [-0.2, -0.15) is 11.8 Å². The molecule has 30 heavy (non-hydrogen) atoms. The zero-order valence-electron chi connectivity index (χ0n) is 17.4.